The van der Waals surface area contributed by atoms with E-state index in [1.165, 1.54) is 24.3 Å². The number of anilines is 1. The first-order chi connectivity index (χ1) is 15.7. The Kier molecular flexibility index (Phi) is 6.15. The maximum Gasteiger partial charge on any atom is 0.294 e. The van der Waals surface area contributed by atoms with Crippen LogP contribution in [0.4, 0.5) is 19.3 Å². The van der Waals surface area contributed by atoms with E-state index in [0.29, 0.717) is 17.4 Å². The molecule has 2 aromatic carbocycles. The molecule has 3 aromatic rings. The Bertz CT molecular complexity index is 1320. The van der Waals surface area contributed by atoms with Crippen LogP contribution in [0, 0.1) is 25.5 Å². The number of halogens is 2. The van der Waals surface area contributed by atoms with Crippen molar-refractivity contribution in [2.24, 2.45) is 0 Å². The number of hydrogen-bond acceptors (Lipinski definition) is 5. The fourth-order valence-corrected chi connectivity index (χ4v) is 4.01. The molecular formula is C24H18F2N2O4S. The monoisotopic (exact) mass is 468 g/mol. The summed E-state index contributed by atoms with van der Waals surface area (Å²) in [5.41, 5.74) is 2.71. The zero-order valence-electron chi connectivity index (χ0n) is 17.6. The molecule has 9 heteroatoms. The number of amides is 3. The molecule has 3 amide bonds. The summed E-state index contributed by atoms with van der Waals surface area (Å²) in [5, 5.41) is 2.09. The molecule has 1 aromatic heterocycles. The third-order valence-corrected chi connectivity index (χ3v) is 5.97. The van der Waals surface area contributed by atoms with Crippen LogP contribution in [-0.2, 0) is 9.59 Å². The molecule has 0 atom stereocenters. The highest BCUT2D eigenvalue weighted by Crippen LogP contribution is 2.33. The lowest BCUT2D eigenvalue weighted by molar-refractivity contribution is -0.127. The van der Waals surface area contributed by atoms with Crippen molar-refractivity contribution in [3.05, 3.63) is 82.0 Å². The SMILES string of the molecule is Cc1ccc(NC(=O)CN2C(=O)S/C(=C/c3ccc(-c4ccc(F)cc4F)o3)C2=O)cc1C. The number of carbonyl (C=O) groups excluding carboxylic acids is 3. The van der Waals surface area contributed by atoms with Gasteiger partial charge in [0.15, 0.2) is 0 Å². The first kappa shape index (κ1) is 22.5. The summed E-state index contributed by atoms with van der Waals surface area (Å²) >= 11 is 0.674. The van der Waals surface area contributed by atoms with E-state index in [9.17, 15) is 23.2 Å². The van der Waals surface area contributed by atoms with Crippen molar-refractivity contribution in [2.45, 2.75) is 13.8 Å². The largest absolute Gasteiger partial charge is 0.457 e. The third kappa shape index (κ3) is 4.88. The van der Waals surface area contributed by atoms with E-state index in [1.807, 2.05) is 19.9 Å². The molecule has 168 valence electrons. The zero-order chi connectivity index (χ0) is 23.7. The first-order valence-corrected chi connectivity index (χ1v) is 10.7. The molecule has 6 nitrogen and oxygen atoms in total. The van der Waals surface area contributed by atoms with Crippen LogP contribution in [0.15, 0.2) is 57.9 Å². The van der Waals surface area contributed by atoms with Gasteiger partial charge in [-0.2, -0.15) is 0 Å². The van der Waals surface area contributed by atoms with Crippen LogP contribution in [-0.4, -0.2) is 28.5 Å². The standard InChI is InChI=1S/C24H18F2N2O4S/c1-13-3-5-16(9-14(13)2)27-22(29)12-28-23(30)21(33-24(28)31)11-17-6-8-20(32-17)18-7-4-15(25)10-19(18)26/h3-11H,12H2,1-2H3,(H,27,29)/b21-11+. The fourth-order valence-electron chi connectivity index (χ4n) is 3.19. The van der Waals surface area contributed by atoms with Gasteiger partial charge in [-0.1, -0.05) is 6.07 Å². The molecule has 1 N–H and O–H groups in total. The van der Waals surface area contributed by atoms with Gasteiger partial charge in [-0.3, -0.25) is 19.3 Å². The van der Waals surface area contributed by atoms with E-state index >= 15 is 0 Å². The van der Waals surface area contributed by atoms with E-state index < -0.39 is 35.2 Å². The van der Waals surface area contributed by atoms with Crippen LogP contribution in [0.1, 0.15) is 16.9 Å². The van der Waals surface area contributed by atoms with Gasteiger partial charge in [0.05, 0.1) is 10.5 Å². The Balaban J connectivity index is 1.46. The number of hydrogen-bond donors (Lipinski definition) is 1. The number of thioether (sulfide) groups is 1. The van der Waals surface area contributed by atoms with Gasteiger partial charge < -0.3 is 9.73 Å². The normalized spacial score (nSPS) is 14.9. The molecule has 1 fully saturated rings. The Labute approximate surface area is 192 Å². The maximum absolute atomic E-state index is 14.0. The number of rotatable bonds is 5. The van der Waals surface area contributed by atoms with Crippen LogP contribution in [0.2, 0.25) is 0 Å². The van der Waals surface area contributed by atoms with E-state index in [0.717, 1.165) is 28.2 Å². The lowest BCUT2D eigenvalue weighted by Crippen LogP contribution is -2.36. The molecule has 0 aliphatic carbocycles. The van der Waals surface area contributed by atoms with Crippen molar-refractivity contribution in [3.63, 3.8) is 0 Å². The molecule has 1 saturated heterocycles. The number of carbonyl (C=O) groups is 3. The lowest BCUT2D eigenvalue weighted by Gasteiger charge is -2.13. The molecule has 2 heterocycles. The van der Waals surface area contributed by atoms with Gasteiger partial charge >= 0.3 is 0 Å². The number of furan rings is 1. The Morgan fingerprint density at radius 2 is 1.85 bits per heavy atom. The van der Waals surface area contributed by atoms with Gasteiger partial charge in [0.2, 0.25) is 5.91 Å². The zero-order valence-corrected chi connectivity index (χ0v) is 18.5. The van der Waals surface area contributed by atoms with E-state index in [-0.39, 0.29) is 22.0 Å². The van der Waals surface area contributed by atoms with Crippen molar-refractivity contribution in [1.82, 2.24) is 4.90 Å². The van der Waals surface area contributed by atoms with Gasteiger partial charge in [0.1, 0.15) is 29.7 Å². The Morgan fingerprint density at radius 3 is 2.58 bits per heavy atom. The summed E-state index contributed by atoms with van der Waals surface area (Å²) in [6.45, 7) is 3.43. The second-order valence-corrected chi connectivity index (χ2v) is 8.43. The molecular weight excluding hydrogens is 450 g/mol. The Hall–Kier alpha value is -3.72. The van der Waals surface area contributed by atoms with Gasteiger partial charge in [-0.15, -0.1) is 0 Å². The predicted molar refractivity (Wildman–Crippen MR) is 121 cm³/mol. The average Bonchev–Trinajstić information content (AvgIpc) is 3.31. The topological polar surface area (TPSA) is 79.6 Å². The molecule has 1 aliphatic heterocycles. The summed E-state index contributed by atoms with van der Waals surface area (Å²) in [6.07, 6.45) is 1.34. The molecule has 4 rings (SSSR count). The van der Waals surface area contributed by atoms with Crippen LogP contribution in [0.25, 0.3) is 17.4 Å². The summed E-state index contributed by atoms with van der Waals surface area (Å²) in [7, 11) is 0. The van der Waals surface area contributed by atoms with Crippen LogP contribution < -0.4 is 5.32 Å². The molecule has 0 bridgehead atoms. The smallest absolute Gasteiger partial charge is 0.294 e. The van der Waals surface area contributed by atoms with Crippen molar-refractivity contribution in [1.29, 1.82) is 0 Å². The van der Waals surface area contributed by atoms with Crippen LogP contribution >= 0.6 is 11.8 Å². The summed E-state index contributed by atoms with van der Waals surface area (Å²) < 4.78 is 32.6. The van der Waals surface area contributed by atoms with Crippen LogP contribution in [0.3, 0.4) is 0 Å². The molecule has 1 aliphatic rings. The lowest BCUT2D eigenvalue weighted by atomic mass is 10.1. The summed E-state index contributed by atoms with van der Waals surface area (Å²) in [4.78, 5) is 38.3. The Morgan fingerprint density at radius 1 is 1.06 bits per heavy atom. The van der Waals surface area contributed by atoms with Gasteiger partial charge in [0, 0.05) is 17.8 Å². The molecule has 0 radical (unpaired) electrons. The second kappa shape index (κ2) is 9.03. The summed E-state index contributed by atoms with van der Waals surface area (Å²) in [5.74, 6) is -2.28. The number of imide groups is 1. The second-order valence-electron chi connectivity index (χ2n) is 7.44. The van der Waals surface area contributed by atoms with Crippen molar-refractivity contribution in [2.75, 3.05) is 11.9 Å². The van der Waals surface area contributed by atoms with E-state index in [4.69, 9.17) is 4.42 Å². The maximum atomic E-state index is 14.0. The fraction of sp³-hybridized carbons (Fsp3) is 0.125. The minimum Gasteiger partial charge on any atom is -0.457 e. The van der Waals surface area contributed by atoms with E-state index in [2.05, 4.69) is 5.32 Å². The molecule has 0 unspecified atom stereocenters. The van der Waals surface area contributed by atoms with Gasteiger partial charge in [-0.05, 0) is 73.1 Å². The number of benzene rings is 2. The van der Waals surface area contributed by atoms with E-state index in [1.54, 1.807) is 12.1 Å². The number of nitrogens with one attached hydrogen (secondary N) is 1. The minimum atomic E-state index is -0.786. The third-order valence-electron chi connectivity index (χ3n) is 5.06. The average molecular weight is 468 g/mol. The molecule has 0 saturated carbocycles. The quantitative estimate of drug-likeness (QED) is 0.499. The highest BCUT2D eigenvalue weighted by molar-refractivity contribution is 8.18. The highest BCUT2D eigenvalue weighted by atomic mass is 32.2. The van der Waals surface area contributed by atoms with Crippen molar-refractivity contribution >= 4 is 40.6 Å². The highest BCUT2D eigenvalue weighted by Gasteiger charge is 2.36. The predicted octanol–water partition coefficient (Wildman–Crippen LogP) is 5.52. The van der Waals surface area contributed by atoms with Gasteiger partial charge in [-0.25, -0.2) is 8.78 Å². The number of aryl methyl sites for hydroxylation is 2. The first-order valence-electron chi connectivity index (χ1n) is 9.89. The molecule has 0 spiro atoms. The van der Waals surface area contributed by atoms with Crippen LogP contribution in [0.5, 0.6) is 0 Å². The van der Waals surface area contributed by atoms with Crippen molar-refractivity contribution < 1.29 is 27.6 Å². The summed E-state index contributed by atoms with van der Waals surface area (Å²) in [6, 6.07) is 11.5. The minimum absolute atomic E-state index is 0.0622. The van der Waals surface area contributed by atoms with Crippen molar-refractivity contribution in [3.8, 4) is 11.3 Å². The van der Waals surface area contributed by atoms with Gasteiger partial charge in [0.25, 0.3) is 11.1 Å². The molecule has 33 heavy (non-hydrogen) atoms. The number of nitrogens with zero attached hydrogens (tertiary/aromatic N) is 1.